The molecule has 0 unspecified atom stereocenters. The van der Waals surface area contributed by atoms with Gasteiger partial charge in [0.1, 0.15) is 29.8 Å². The van der Waals surface area contributed by atoms with Crippen LogP contribution in [0.1, 0.15) is 41.7 Å². The molecule has 0 radical (unpaired) electrons. The van der Waals surface area contributed by atoms with E-state index in [0.29, 0.717) is 22.0 Å². The number of likely N-dealkylation sites (tertiary alicyclic amines) is 1. The Morgan fingerprint density at radius 2 is 1.60 bits per heavy atom. The lowest BCUT2D eigenvalue weighted by atomic mass is 9.74. The quantitative estimate of drug-likeness (QED) is 0.254. The van der Waals surface area contributed by atoms with E-state index in [1.807, 2.05) is 78.9 Å². The third-order valence-electron chi connectivity index (χ3n) is 10.6. The molecule has 3 aromatic rings. The molecule has 0 aromatic heterocycles. The number of cyclic esters (lactones) is 1. The largest absolute Gasteiger partial charge is 0.455 e. The summed E-state index contributed by atoms with van der Waals surface area (Å²) in [6.45, 7) is -0.0379. The molecule has 3 amide bonds. The van der Waals surface area contributed by atoms with Crippen molar-refractivity contribution in [3.63, 3.8) is 0 Å². The topological polar surface area (TPSA) is 135 Å². The molecular formula is C41H42BrN3O8. The van der Waals surface area contributed by atoms with E-state index in [9.17, 15) is 14.7 Å². The van der Waals surface area contributed by atoms with Crippen molar-refractivity contribution in [3.8, 4) is 0 Å². The highest BCUT2D eigenvalue weighted by Gasteiger charge is 2.75. The van der Waals surface area contributed by atoms with Crippen LogP contribution in [0, 0.1) is 11.8 Å². The zero-order chi connectivity index (χ0) is 37.1. The summed E-state index contributed by atoms with van der Waals surface area (Å²) in [6, 6.07) is 24.7. The molecule has 4 heterocycles. The van der Waals surface area contributed by atoms with Crippen LogP contribution in [0.5, 0.6) is 0 Å². The van der Waals surface area contributed by atoms with Gasteiger partial charge < -0.3 is 34.4 Å². The Morgan fingerprint density at radius 1 is 0.925 bits per heavy atom. The number of aliphatic hydroxyl groups is 1. The maximum Gasteiger partial charge on any atom is 0.313 e. The van der Waals surface area contributed by atoms with Gasteiger partial charge in [-0.15, -0.1) is 0 Å². The Morgan fingerprint density at radius 3 is 2.28 bits per heavy atom. The number of aliphatic hydroxyl groups excluding tert-OH is 1. The fourth-order valence-electron chi connectivity index (χ4n) is 8.21. The zero-order valence-electron chi connectivity index (χ0n) is 29.3. The SMILES string of the molecule is COC[C@H]1NC(=O)CC/C=C\CN(Cc2ccccc2)C(=O)[C@@H]2N([C@H](CO)c3ccccc3)C(=O)[C@H]3[C@H](C(=O)O[C@@H]1c1ccccc1)[C@H]1O[C@@]23C=C1Br. The van der Waals surface area contributed by atoms with Crippen LogP contribution in [0.25, 0.3) is 0 Å². The van der Waals surface area contributed by atoms with Gasteiger partial charge in [0, 0.05) is 31.1 Å². The molecule has 3 aromatic carbocycles. The first-order valence-corrected chi connectivity index (χ1v) is 18.6. The molecule has 2 N–H and O–H groups in total. The Hall–Kier alpha value is -4.62. The summed E-state index contributed by atoms with van der Waals surface area (Å²) in [4.78, 5) is 61.3. The molecule has 2 saturated heterocycles. The number of hydrogen-bond donors (Lipinski definition) is 2. The second-order valence-electron chi connectivity index (χ2n) is 13.8. The molecule has 11 nitrogen and oxygen atoms in total. The van der Waals surface area contributed by atoms with Gasteiger partial charge in [0.2, 0.25) is 17.7 Å². The van der Waals surface area contributed by atoms with Crippen molar-refractivity contribution in [2.24, 2.45) is 11.8 Å². The minimum Gasteiger partial charge on any atom is -0.455 e. The van der Waals surface area contributed by atoms with Crippen molar-refractivity contribution in [2.45, 2.75) is 55.3 Å². The summed E-state index contributed by atoms with van der Waals surface area (Å²) in [7, 11) is 1.51. The number of fused-ring (bicyclic) bond motifs is 2. The third-order valence-corrected chi connectivity index (χ3v) is 11.2. The number of rotatable bonds is 8. The normalized spacial score (nSPS) is 30.1. The molecule has 2 fully saturated rings. The maximum atomic E-state index is 15.2. The van der Waals surface area contributed by atoms with E-state index in [2.05, 4.69) is 21.2 Å². The molecule has 276 valence electrons. The first-order chi connectivity index (χ1) is 25.8. The first-order valence-electron chi connectivity index (χ1n) is 17.8. The van der Waals surface area contributed by atoms with Crippen LogP contribution < -0.4 is 5.32 Å². The van der Waals surface area contributed by atoms with Crippen LogP contribution in [0.15, 0.2) is 114 Å². The molecule has 0 aliphatic carbocycles. The van der Waals surface area contributed by atoms with Crippen molar-refractivity contribution in [3.05, 3.63) is 130 Å². The minimum atomic E-state index is -1.56. The van der Waals surface area contributed by atoms with Gasteiger partial charge in [-0.1, -0.05) is 119 Å². The fourth-order valence-corrected chi connectivity index (χ4v) is 8.94. The van der Waals surface area contributed by atoms with Gasteiger partial charge in [-0.05, 0) is 29.2 Å². The lowest BCUT2D eigenvalue weighted by Gasteiger charge is -2.39. The van der Waals surface area contributed by atoms with Crippen LogP contribution in [0.3, 0.4) is 0 Å². The summed E-state index contributed by atoms with van der Waals surface area (Å²) < 4.78 is 19.1. The third kappa shape index (κ3) is 6.96. The number of benzene rings is 3. The Labute approximate surface area is 316 Å². The van der Waals surface area contributed by atoms with Crippen molar-refractivity contribution < 1.29 is 38.5 Å². The number of amides is 3. The lowest BCUT2D eigenvalue weighted by molar-refractivity contribution is -0.163. The number of esters is 1. The lowest BCUT2D eigenvalue weighted by Crippen LogP contribution is -2.56. The minimum absolute atomic E-state index is 0.0446. The average molecular weight is 785 g/mol. The standard InChI is InChI=1S/C41H42BrN3O8/c1-51-25-30-35(28-18-10-4-11-19-28)52-40(50)33-34-38(48)45(31(24-46)27-16-8-3-9-17-27)37(41(34)22-29(42)36(33)53-41)39(49)44(23-26-14-6-2-7-15-26)21-13-5-12-20-32(47)43-30/h2-11,13-19,22,30-31,33-37,46H,12,20-21,23-25H2,1H3,(H,43,47)/b13-5-/t30-,31-,33+,34-,35-,36+,37+,41-/m1/s1. The number of carbonyl (C=O) groups is 4. The Balaban J connectivity index is 1.37. The second-order valence-corrected chi connectivity index (χ2v) is 14.7. The predicted molar refractivity (Wildman–Crippen MR) is 198 cm³/mol. The highest BCUT2D eigenvalue weighted by Crippen LogP contribution is 2.60. The number of nitrogens with zero attached hydrogens (tertiary/aromatic N) is 2. The van der Waals surface area contributed by atoms with Gasteiger partial charge in [-0.2, -0.15) is 0 Å². The molecule has 4 aliphatic rings. The molecule has 12 heteroatoms. The van der Waals surface area contributed by atoms with Gasteiger partial charge in [0.15, 0.2) is 0 Å². The number of allylic oxidation sites excluding steroid dienone is 1. The molecule has 53 heavy (non-hydrogen) atoms. The van der Waals surface area contributed by atoms with E-state index in [1.54, 1.807) is 35.2 Å². The number of carbonyl (C=O) groups excluding carboxylic acids is 4. The highest BCUT2D eigenvalue weighted by molar-refractivity contribution is 9.11. The maximum absolute atomic E-state index is 15.2. The van der Waals surface area contributed by atoms with Crippen LogP contribution >= 0.6 is 15.9 Å². The van der Waals surface area contributed by atoms with Gasteiger partial charge in [-0.25, -0.2) is 0 Å². The van der Waals surface area contributed by atoms with Gasteiger partial charge in [-0.3, -0.25) is 19.2 Å². The zero-order valence-corrected chi connectivity index (χ0v) is 30.8. The van der Waals surface area contributed by atoms with Crippen molar-refractivity contribution in [2.75, 3.05) is 26.9 Å². The summed E-state index contributed by atoms with van der Waals surface area (Å²) in [5.41, 5.74) is 0.576. The van der Waals surface area contributed by atoms with Gasteiger partial charge in [0.05, 0.1) is 31.2 Å². The van der Waals surface area contributed by atoms with E-state index >= 15 is 9.59 Å². The number of methoxy groups -OCH3 is 1. The second kappa shape index (κ2) is 15.8. The van der Waals surface area contributed by atoms with E-state index < -0.39 is 72.2 Å². The Kier molecular flexibility index (Phi) is 10.9. The van der Waals surface area contributed by atoms with Crippen molar-refractivity contribution in [1.82, 2.24) is 15.1 Å². The first kappa shape index (κ1) is 36.7. The van der Waals surface area contributed by atoms with E-state index in [0.717, 1.165) is 5.56 Å². The van der Waals surface area contributed by atoms with E-state index in [-0.39, 0.29) is 32.0 Å². The number of nitrogens with one attached hydrogen (secondary N) is 1. The number of halogens is 1. The average Bonchev–Trinajstić information content (AvgIpc) is 3.77. The van der Waals surface area contributed by atoms with Crippen LogP contribution in [-0.4, -0.2) is 89.3 Å². The predicted octanol–water partition coefficient (Wildman–Crippen LogP) is 4.39. The monoisotopic (exact) mass is 783 g/mol. The number of ether oxygens (including phenoxy) is 3. The molecule has 4 aliphatic heterocycles. The summed E-state index contributed by atoms with van der Waals surface area (Å²) in [5.74, 6) is -4.18. The summed E-state index contributed by atoms with van der Waals surface area (Å²) in [6.07, 6.45) is 4.10. The van der Waals surface area contributed by atoms with E-state index in [1.165, 1.54) is 12.0 Å². The van der Waals surface area contributed by atoms with Crippen molar-refractivity contribution >= 4 is 39.6 Å². The van der Waals surface area contributed by atoms with Gasteiger partial charge >= 0.3 is 5.97 Å². The number of hydrogen-bond acceptors (Lipinski definition) is 8. The van der Waals surface area contributed by atoms with E-state index in [4.69, 9.17) is 14.2 Å². The Bertz CT molecular complexity index is 1880. The summed E-state index contributed by atoms with van der Waals surface area (Å²) >= 11 is 3.63. The molecule has 7 rings (SSSR count). The van der Waals surface area contributed by atoms with Crippen LogP contribution in [-0.2, 0) is 39.9 Å². The smallest absolute Gasteiger partial charge is 0.313 e. The molecule has 5 bridgehead atoms. The fraction of sp³-hybridized carbons (Fsp3) is 0.366. The van der Waals surface area contributed by atoms with Crippen LogP contribution in [0.2, 0.25) is 0 Å². The van der Waals surface area contributed by atoms with Crippen LogP contribution in [0.4, 0.5) is 0 Å². The highest BCUT2D eigenvalue weighted by atomic mass is 79.9. The molecular weight excluding hydrogens is 742 g/mol. The summed E-state index contributed by atoms with van der Waals surface area (Å²) in [5, 5.41) is 13.9. The molecule has 0 saturated carbocycles. The molecule has 8 atom stereocenters. The van der Waals surface area contributed by atoms with Gasteiger partial charge in [0.25, 0.3) is 0 Å². The molecule has 1 spiro atoms. The van der Waals surface area contributed by atoms with Crippen molar-refractivity contribution in [1.29, 1.82) is 0 Å².